The van der Waals surface area contributed by atoms with E-state index < -0.39 is 12.1 Å². The van der Waals surface area contributed by atoms with Gasteiger partial charge in [-0.15, -0.1) is 0 Å². The van der Waals surface area contributed by atoms with Crippen LogP contribution in [-0.4, -0.2) is 34.3 Å². The molecule has 25 heavy (non-hydrogen) atoms. The van der Waals surface area contributed by atoms with E-state index >= 15 is 0 Å². The van der Waals surface area contributed by atoms with Gasteiger partial charge in [-0.1, -0.05) is 25.1 Å². The lowest BCUT2D eigenvalue weighted by Crippen LogP contribution is -2.43. The molecule has 2 aromatic rings. The maximum absolute atomic E-state index is 12.4. The Bertz CT molecular complexity index is 797. The van der Waals surface area contributed by atoms with E-state index in [9.17, 15) is 9.59 Å². The Labute approximate surface area is 147 Å². The van der Waals surface area contributed by atoms with Crippen molar-refractivity contribution < 1.29 is 14.3 Å². The summed E-state index contributed by atoms with van der Waals surface area (Å²) in [5.41, 5.74) is 3.49. The van der Waals surface area contributed by atoms with Crippen molar-refractivity contribution >= 4 is 11.9 Å². The van der Waals surface area contributed by atoms with E-state index in [1.54, 1.807) is 12.1 Å². The summed E-state index contributed by atoms with van der Waals surface area (Å²) < 4.78 is 7.23. The zero-order valence-corrected chi connectivity index (χ0v) is 14.8. The van der Waals surface area contributed by atoms with Crippen LogP contribution in [-0.2, 0) is 22.5 Å². The van der Waals surface area contributed by atoms with Crippen molar-refractivity contribution in [1.29, 1.82) is 0 Å². The summed E-state index contributed by atoms with van der Waals surface area (Å²) in [6.45, 7) is 7.27. The van der Waals surface area contributed by atoms with E-state index in [-0.39, 0.29) is 11.8 Å². The lowest BCUT2D eigenvalue weighted by atomic mass is 9.98. The molecule has 0 unspecified atom stereocenters. The number of fused-ring (bicyclic) bond motifs is 1. The Morgan fingerprint density at radius 1 is 1.40 bits per heavy atom. The molecule has 6 nitrogen and oxygen atoms in total. The molecule has 132 valence electrons. The van der Waals surface area contributed by atoms with Crippen molar-refractivity contribution in [2.75, 3.05) is 6.54 Å². The van der Waals surface area contributed by atoms with E-state index in [0.717, 1.165) is 23.5 Å². The maximum Gasteiger partial charge on any atom is 0.339 e. The maximum atomic E-state index is 12.4. The highest BCUT2D eigenvalue weighted by atomic mass is 16.5. The molecule has 0 bridgehead atoms. The van der Waals surface area contributed by atoms with Crippen LogP contribution < -0.4 is 5.32 Å². The lowest BCUT2D eigenvalue weighted by Gasteiger charge is -2.24. The molecule has 0 saturated carbocycles. The van der Waals surface area contributed by atoms with E-state index in [1.807, 2.05) is 36.7 Å². The second kappa shape index (κ2) is 7.09. The monoisotopic (exact) mass is 341 g/mol. The van der Waals surface area contributed by atoms with Gasteiger partial charge in [0.2, 0.25) is 0 Å². The van der Waals surface area contributed by atoms with Crippen molar-refractivity contribution in [2.24, 2.45) is 5.92 Å². The van der Waals surface area contributed by atoms with Gasteiger partial charge in [0.15, 0.2) is 6.10 Å². The first-order chi connectivity index (χ1) is 11.9. The third-order valence-electron chi connectivity index (χ3n) is 4.40. The second-order valence-corrected chi connectivity index (χ2v) is 6.71. The van der Waals surface area contributed by atoms with Crippen LogP contribution in [0.1, 0.15) is 34.2 Å². The van der Waals surface area contributed by atoms with E-state index in [1.165, 1.54) is 0 Å². The zero-order valence-electron chi connectivity index (χ0n) is 14.8. The predicted molar refractivity (Wildman–Crippen MR) is 93.2 cm³/mol. The van der Waals surface area contributed by atoms with Crippen LogP contribution in [0.4, 0.5) is 0 Å². The number of cyclic esters (lactones) is 1. The van der Waals surface area contributed by atoms with Crippen molar-refractivity contribution in [2.45, 2.75) is 39.8 Å². The van der Waals surface area contributed by atoms with Gasteiger partial charge in [0.1, 0.15) is 0 Å². The highest BCUT2D eigenvalue weighted by Gasteiger charge is 2.30. The minimum absolute atomic E-state index is 0.216. The standard InChI is InChI=1S/C19H23N3O3/c1-12(11-22-14(3)8-13(2)21-22)10-20-18(23)17-9-15-6-4-5-7-16(15)19(24)25-17/h4-8,12,17H,9-11H2,1-3H3,(H,20,23)/t12-,17+/m0/s1. The fraction of sp³-hybridized carbons (Fsp3) is 0.421. The van der Waals surface area contributed by atoms with Crippen LogP contribution in [0.25, 0.3) is 0 Å². The summed E-state index contributed by atoms with van der Waals surface area (Å²) in [5, 5.41) is 7.33. The molecular formula is C19H23N3O3. The number of rotatable bonds is 5. The zero-order chi connectivity index (χ0) is 18.0. The van der Waals surface area contributed by atoms with Crippen LogP contribution in [0.15, 0.2) is 30.3 Å². The first-order valence-corrected chi connectivity index (χ1v) is 8.51. The predicted octanol–water partition coefficient (Wildman–Crippen LogP) is 2.03. The smallest absolute Gasteiger partial charge is 0.339 e. The Balaban J connectivity index is 1.54. The molecule has 2 atom stereocenters. The number of benzene rings is 1. The number of hydrogen-bond acceptors (Lipinski definition) is 4. The number of nitrogens with one attached hydrogen (secondary N) is 1. The molecule has 0 fully saturated rings. The van der Waals surface area contributed by atoms with Gasteiger partial charge in [0.05, 0.1) is 11.3 Å². The van der Waals surface area contributed by atoms with Gasteiger partial charge < -0.3 is 10.1 Å². The summed E-state index contributed by atoms with van der Waals surface area (Å²) in [6, 6.07) is 9.28. The van der Waals surface area contributed by atoms with Gasteiger partial charge in [-0.25, -0.2) is 4.79 Å². The second-order valence-electron chi connectivity index (χ2n) is 6.71. The Hall–Kier alpha value is -2.63. The molecule has 1 aromatic carbocycles. The molecule has 0 saturated heterocycles. The fourth-order valence-corrected chi connectivity index (χ4v) is 3.09. The third-order valence-corrected chi connectivity index (χ3v) is 4.40. The molecule has 0 aliphatic carbocycles. The first kappa shape index (κ1) is 17.2. The average molecular weight is 341 g/mol. The number of hydrogen-bond donors (Lipinski definition) is 1. The molecule has 1 amide bonds. The van der Waals surface area contributed by atoms with Crippen molar-refractivity contribution in [3.05, 3.63) is 52.8 Å². The van der Waals surface area contributed by atoms with Gasteiger partial charge in [-0.2, -0.15) is 5.10 Å². The van der Waals surface area contributed by atoms with Crippen LogP contribution in [0, 0.1) is 19.8 Å². The number of carbonyl (C=O) groups excluding carboxylic acids is 2. The molecule has 1 aromatic heterocycles. The lowest BCUT2D eigenvalue weighted by molar-refractivity contribution is -0.130. The number of ether oxygens (including phenoxy) is 1. The van der Waals surface area contributed by atoms with Gasteiger partial charge in [-0.3, -0.25) is 9.48 Å². The summed E-state index contributed by atoms with van der Waals surface area (Å²) in [5.74, 6) is -0.464. The molecule has 1 aliphatic heterocycles. The van der Waals surface area contributed by atoms with Crippen LogP contribution >= 0.6 is 0 Å². The minimum Gasteiger partial charge on any atom is -0.448 e. The van der Waals surface area contributed by atoms with Gasteiger partial charge in [-0.05, 0) is 37.5 Å². The van der Waals surface area contributed by atoms with E-state index in [2.05, 4.69) is 17.3 Å². The average Bonchev–Trinajstić information content (AvgIpc) is 2.89. The number of nitrogens with zero attached hydrogens (tertiary/aromatic N) is 2. The third kappa shape index (κ3) is 3.90. The largest absolute Gasteiger partial charge is 0.448 e. The van der Waals surface area contributed by atoms with E-state index in [4.69, 9.17) is 4.74 Å². The first-order valence-electron chi connectivity index (χ1n) is 8.51. The highest BCUT2D eigenvalue weighted by Crippen LogP contribution is 2.20. The number of amides is 1. The molecule has 1 aliphatic rings. The molecular weight excluding hydrogens is 318 g/mol. The molecule has 6 heteroatoms. The van der Waals surface area contributed by atoms with Gasteiger partial charge in [0.25, 0.3) is 5.91 Å². The normalized spacial score (nSPS) is 17.6. The van der Waals surface area contributed by atoms with E-state index in [0.29, 0.717) is 18.5 Å². The van der Waals surface area contributed by atoms with Crippen LogP contribution in [0.3, 0.4) is 0 Å². The fourth-order valence-electron chi connectivity index (χ4n) is 3.09. The topological polar surface area (TPSA) is 73.2 Å². The number of esters is 1. The quantitative estimate of drug-likeness (QED) is 0.845. The van der Waals surface area contributed by atoms with Crippen LogP contribution in [0.2, 0.25) is 0 Å². The SMILES string of the molecule is Cc1cc(C)n(C[C@@H](C)CNC(=O)[C@H]2Cc3ccccc3C(=O)O2)n1. The molecule has 0 spiro atoms. The van der Waals surface area contributed by atoms with Crippen molar-refractivity contribution in [3.63, 3.8) is 0 Å². The summed E-state index contributed by atoms with van der Waals surface area (Å²) in [4.78, 5) is 24.4. The molecule has 2 heterocycles. The van der Waals surface area contributed by atoms with Crippen LogP contribution in [0.5, 0.6) is 0 Å². The summed E-state index contributed by atoms with van der Waals surface area (Å²) >= 11 is 0. The number of aryl methyl sites for hydroxylation is 2. The summed E-state index contributed by atoms with van der Waals surface area (Å²) in [6.07, 6.45) is -0.345. The summed E-state index contributed by atoms with van der Waals surface area (Å²) in [7, 11) is 0. The van der Waals surface area contributed by atoms with Crippen molar-refractivity contribution in [3.8, 4) is 0 Å². The van der Waals surface area contributed by atoms with Crippen molar-refractivity contribution in [1.82, 2.24) is 15.1 Å². The molecule has 3 rings (SSSR count). The molecule has 0 radical (unpaired) electrons. The Morgan fingerprint density at radius 2 is 2.16 bits per heavy atom. The highest BCUT2D eigenvalue weighted by molar-refractivity contribution is 5.95. The van der Waals surface area contributed by atoms with Gasteiger partial charge >= 0.3 is 5.97 Å². The van der Waals surface area contributed by atoms with Gasteiger partial charge in [0, 0.05) is 25.2 Å². The number of carbonyl (C=O) groups is 2. The number of aromatic nitrogens is 2. The Morgan fingerprint density at radius 3 is 2.88 bits per heavy atom. The Kier molecular flexibility index (Phi) is 4.88. The minimum atomic E-state index is -0.761. The molecule has 1 N–H and O–H groups in total.